The molecule has 1 amide bonds. The monoisotopic (exact) mass is 1220 g/mol. The first-order valence-electron chi connectivity index (χ1n) is 35.9. The van der Waals surface area contributed by atoms with Crippen LogP contribution >= 0.6 is 0 Å². The number of carbonyl (C=O) groups excluding carboxylic acids is 1. The van der Waals surface area contributed by atoms with Crippen LogP contribution in [0.2, 0.25) is 0 Å². The van der Waals surface area contributed by atoms with E-state index in [1.54, 1.807) is 0 Å². The molecule has 504 valence electrons. The Kier molecular flexibility index (Phi) is 53.0. The van der Waals surface area contributed by atoms with Crippen LogP contribution in [0, 0.1) is 0 Å². The maximum atomic E-state index is 13.4. The van der Waals surface area contributed by atoms with Crippen LogP contribution in [0.25, 0.3) is 0 Å². The van der Waals surface area contributed by atoms with Crippen LogP contribution in [0.4, 0.5) is 0 Å². The van der Waals surface area contributed by atoms with E-state index in [1.807, 2.05) is 0 Å². The van der Waals surface area contributed by atoms with Gasteiger partial charge in [0.05, 0.1) is 32.0 Å². The summed E-state index contributed by atoms with van der Waals surface area (Å²) < 4.78 is 22.9. The van der Waals surface area contributed by atoms with Gasteiger partial charge in [-0.05, 0) is 51.4 Å². The lowest BCUT2D eigenvalue weighted by atomic mass is 9.97. The Balaban J connectivity index is 1.66. The number of unbranched alkanes of at least 4 members (excludes halogenated alkanes) is 38. The van der Waals surface area contributed by atoms with E-state index in [4.69, 9.17) is 18.9 Å². The van der Waals surface area contributed by atoms with E-state index >= 15 is 0 Å². The lowest BCUT2D eigenvalue weighted by Gasteiger charge is -2.46. The van der Waals surface area contributed by atoms with Crippen molar-refractivity contribution in [2.45, 2.75) is 383 Å². The standard InChI is InChI=1S/C72H133NO13/c1-3-5-7-9-11-13-15-17-19-21-23-25-27-28-29-30-31-32-34-35-37-39-41-43-45-47-49-51-53-55-61(76)60(59-83-71-69(82)67(80)70(63(58-75)85-71)86-72-68(81)66(79)65(78)62(57-74)84-72)73-64(77)56-54-52-50-48-46-44-42-40-38-36-33-26-24-22-20-18-16-14-12-10-8-6-4-2/h6,8,12,14,18,20,24,26,60-63,65-72,74-76,78-82H,3-5,7,9-11,13,15-17,19,21-23,25,27-59H2,1-2H3,(H,73,77)/b8-6-,14-12-,20-18-,26-24-. The molecule has 0 radical (unpaired) electrons. The van der Waals surface area contributed by atoms with Crippen molar-refractivity contribution in [1.29, 1.82) is 0 Å². The molecule has 2 saturated heterocycles. The van der Waals surface area contributed by atoms with Gasteiger partial charge in [0.1, 0.15) is 48.8 Å². The Hall–Kier alpha value is -2.05. The summed E-state index contributed by atoms with van der Waals surface area (Å²) in [6, 6.07) is -0.834. The molecule has 9 N–H and O–H groups in total. The number of nitrogens with one attached hydrogen (secondary N) is 1. The van der Waals surface area contributed by atoms with Crippen molar-refractivity contribution in [1.82, 2.24) is 5.32 Å². The lowest BCUT2D eigenvalue weighted by Crippen LogP contribution is -2.65. The highest BCUT2D eigenvalue weighted by atomic mass is 16.7. The zero-order chi connectivity index (χ0) is 62.3. The van der Waals surface area contributed by atoms with E-state index in [-0.39, 0.29) is 12.5 Å². The van der Waals surface area contributed by atoms with Gasteiger partial charge in [0.2, 0.25) is 5.91 Å². The zero-order valence-corrected chi connectivity index (χ0v) is 54.8. The molecule has 2 heterocycles. The van der Waals surface area contributed by atoms with Crippen molar-refractivity contribution < 1.29 is 64.6 Å². The third-order valence-corrected chi connectivity index (χ3v) is 17.6. The van der Waals surface area contributed by atoms with Crippen LogP contribution < -0.4 is 5.32 Å². The third-order valence-electron chi connectivity index (χ3n) is 17.6. The normalized spacial score (nSPS) is 23.7. The van der Waals surface area contributed by atoms with Gasteiger partial charge in [0.15, 0.2) is 12.6 Å². The highest BCUT2D eigenvalue weighted by molar-refractivity contribution is 5.76. The average Bonchev–Trinajstić information content (AvgIpc) is 2.54. The summed E-state index contributed by atoms with van der Waals surface area (Å²) in [6.07, 6.45) is 57.0. The van der Waals surface area contributed by atoms with Gasteiger partial charge in [-0.2, -0.15) is 0 Å². The van der Waals surface area contributed by atoms with Gasteiger partial charge >= 0.3 is 0 Å². The molecule has 0 aromatic heterocycles. The van der Waals surface area contributed by atoms with Crippen molar-refractivity contribution in [3.8, 4) is 0 Å². The second-order valence-electron chi connectivity index (χ2n) is 25.3. The lowest BCUT2D eigenvalue weighted by molar-refractivity contribution is -0.359. The predicted molar refractivity (Wildman–Crippen MR) is 351 cm³/mol. The van der Waals surface area contributed by atoms with Gasteiger partial charge in [-0.3, -0.25) is 4.79 Å². The van der Waals surface area contributed by atoms with Crippen LogP contribution in [0.3, 0.4) is 0 Å². The van der Waals surface area contributed by atoms with E-state index in [1.165, 1.54) is 199 Å². The fourth-order valence-corrected chi connectivity index (χ4v) is 11.9. The number of hydrogen-bond acceptors (Lipinski definition) is 13. The van der Waals surface area contributed by atoms with Crippen molar-refractivity contribution in [3.63, 3.8) is 0 Å². The molecule has 2 aliphatic heterocycles. The molecule has 14 heteroatoms. The Morgan fingerprint density at radius 1 is 0.430 bits per heavy atom. The Labute approximate surface area is 524 Å². The zero-order valence-electron chi connectivity index (χ0n) is 54.8. The molecule has 12 unspecified atom stereocenters. The van der Waals surface area contributed by atoms with Gasteiger partial charge in [0, 0.05) is 6.42 Å². The van der Waals surface area contributed by atoms with Gasteiger partial charge in [-0.1, -0.05) is 300 Å². The molecule has 0 aromatic rings. The maximum absolute atomic E-state index is 13.4. The molecule has 0 aromatic carbocycles. The Morgan fingerprint density at radius 3 is 1.23 bits per heavy atom. The minimum atomic E-state index is -1.78. The summed E-state index contributed by atoms with van der Waals surface area (Å²) in [4.78, 5) is 13.4. The SMILES string of the molecule is CC/C=C\C/C=C\C/C=C\C/C=C\CCCCCCCCCCCCC(=O)NC(COC1OC(CO)C(OC2OC(CO)C(O)C(O)C2O)C(O)C1O)C(O)CCCCCCCCCCCCCCCCCCCCCCCCCCCCCCC. The molecule has 2 aliphatic rings. The number of carbonyl (C=O) groups is 1. The van der Waals surface area contributed by atoms with Crippen LogP contribution in [0.15, 0.2) is 48.6 Å². The van der Waals surface area contributed by atoms with Crippen LogP contribution in [0.1, 0.15) is 309 Å². The van der Waals surface area contributed by atoms with Crippen LogP contribution in [0.5, 0.6) is 0 Å². The summed E-state index contributed by atoms with van der Waals surface area (Å²) >= 11 is 0. The van der Waals surface area contributed by atoms with Gasteiger partial charge in [-0.25, -0.2) is 0 Å². The van der Waals surface area contributed by atoms with Gasteiger partial charge in [-0.15, -0.1) is 0 Å². The molecule has 0 bridgehead atoms. The first-order chi connectivity index (χ1) is 42.1. The third kappa shape index (κ3) is 40.6. The molecule has 0 aliphatic carbocycles. The topological polar surface area (TPSA) is 228 Å². The van der Waals surface area contributed by atoms with E-state index in [2.05, 4.69) is 67.8 Å². The number of rotatable bonds is 59. The van der Waals surface area contributed by atoms with E-state index < -0.39 is 86.8 Å². The molecule has 2 fully saturated rings. The molecule has 14 nitrogen and oxygen atoms in total. The molecule has 0 spiro atoms. The van der Waals surface area contributed by atoms with Gasteiger partial charge in [0.25, 0.3) is 0 Å². The first-order valence-corrected chi connectivity index (χ1v) is 35.9. The van der Waals surface area contributed by atoms with E-state index in [0.717, 1.165) is 83.5 Å². The first kappa shape index (κ1) is 80.0. The number of allylic oxidation sites excluding steroid dienone is 8. The van der Waals surface area contributed by atoms with Crippen LogP contribution in [-0.4, -0.2) is 140 Å². The Bertz CT molecular complexity index is 1630. The minimum Gasteiger partial charge on any atom is -0.394 e. The van der Waals surface area contributed by atoms with Crippen molar-refractivity contribution in [3.05, 3.63) is 48.6 Å². The molecule has 12 atom stereocenters. The average molecular weight is 1220 g/mol. The summed E-state index contributed by atoms with van der Waals surface area (Å²) in [5, 5.41) is 87.7. The quantitative estimate of drug-likeness (QED) is 0.0204. The largest absolute Gasteiger partial charge is 0.394 e. The number of aliphatic hydroxyl groups is 8. The minimum absolute atomic E-state index is 0.208. The fraction of sp³-hybridized carbons (Fsp3) is 0.875. The smallest absolute Gasteiger partial charge is 0.220 e. The number of ether oxygens (including phenoxy) is 4. The fourth-order valence-electron chi connectivity index (χ4n) is 11.9. The number of amides is 1. The van der Waals surface area contributed by atoms with Crippen molar-refractivity contribution >= 4 is 5.91 Å². The number of hydrogen-bond donors (Lipinski definition) is 9. The maximum Gasteiger partial charge on any atom is 0.220 e. The Morgan fingerprint density at radius 2 is 0.802 bits per heavy atom. The summed E-state index contributed by atoms with van der Waals surface area (Å²) in [6.45, 7) is 2.79. The molecule has 0 saturated carbocycles. The number of aliphatic hydroxyl groups excluding tert-OH is 8. The summed E-state index contributed by atoms with van der Waals surface area (Å²) in [5.74, 6) is -0.208. The highest BCUT2D eigenvalue weighted by Crippen LogP contribution is 2.30. The second kappa shape index (κ2) is 56.9. The van der Waals surface area contributed by atoms with Crippen molar-refractivity contribution in [2.24, 2.45) is 0 Å². The summed E-state index contributed by atoms with van der Waals surface area (Å²) in [5.41, 5.74) is 0. The summed E-state index contributed by atoms with van der Waals surface area (Å²) in [7, 11) is 0. The molecule has 86 heavy (non-hydrogen) atoms. The highest BCUT2D eigenvalue weighted by Gasteiger charge is 2.51. The molecule has 2 rings (SSSR count). The van der Waals surface area contributed by atoms with E-state index in [0.29, 0.717) is 12.8 Å². The van der Waals surface area contributed by atoms with E-state index in [9.17, 15) is 45.6 Å². The van der Waals surface area contributed by atoms with Crippen LogP contribution in [-0.2, 0) is 23.7 Å². The van der Waals surface area contributed by atoms with Crippen molar-refractivity contribution in [2.75, 3.05) is 19.8 Å². The molecular formula is C72H133NO13. The predicted octanol–water partition coefficient (Wildman–Crippen LogP) is 14.7. The molecular weight excluding hydrogens is 1090 g/mol. The second-order valence-corrected chi connectivity index (χ2v) is 25.3. The van der Waals surface area contributed by atoms with Gasteiger partial charge < -0.3 is 65.1 Å².